The minimum Gasteiger partial charge on any atom is -0.462 e. The zero-order valence-electron chi connectivity index (χ0n) is 32.6. The van der Waals surface area contributed by atoms with Gasteiger partial charge in [-0.3, -0.25) is 9.59 Å². The zero-order valence-corrected chi connectivity index (χ0v) is 32.6. The van der Waals surface area contributed by atoms with E-state index < -0.39 is 6.10 Å². The highest BCUT2D eigenvalue weighted by Gasteiger charge is 2.16. The molecule has 0 amide bonds. The molecule has 1 atom stereocenters. The Kier molecular flexibility index (Phi) is 39.1. The second-order valence-electron chi connectivity index (χ2n) is 13.7. The summed E-state index contributed by atoms with van der Waals surface area (Å²) in [4.78, 5) is 24.3. The monoisotopic (exact) mass is 699 g/mol. The van der Waals surface area contributed by atoms with E-state index in [-0.39, 0.29) is 25.2 Å². The van der Waals surface area contributed by atoms with Gasteiger partial charge in [0.25, 0.3) is 0 Å². The van der Waals surface area contributed by atoms with Gasteiger partial charge in [-0.1, -0.05) is 164 Å². The SMILES string of the molecule is CCC=CCC=CCC=CCC=CCCCCC(=O)OC(CO)COC(=O)CCCCCCCCCCCCCC=CCCCCCCCC. The highest BCUT2D eigenvalue weighted by Crippen LogP contribution is 2.14. The molecule has 1 N–H and O–H groups in total. The topological polar surface area (TPSA) is 72.8 Å². The van der Waals surface area contributed by atoms with E-state index in [4.69, 9.17) is 9.47 Å². The molecule has 0 spiro atoms. The van der Waals surface area contributed by atoms with Gasteiger partial charge < -0.3 is 14.6 Å². The highest BCUT2D eigenvalue weighted by atomic mass is 16.6. The number of unbranched alkanes of at least 4 members (excludes halogenated alkanes) is 19. The van der Waals surface area contributed by atoms with Gasteiger partial charge in [-0.15, -0.1) is 0 Å². The summed E-state index contributed by atoms with van der Waals surface area (Å²) in [5.41, 5.74) is 0. The summed E-state index contributed by atoms with van der Waals surface area (Å²) in [6, 6.07) is 0. The number of ether oxygens (including phenoxy) is 2. The van der Waals surface area contributed by atoms with Crippen molar-refractivity contribution in [2.75, 3.05) is 13.2 Å². The zero-order chi connectivity index (χ0) is 36.4. The first-order chi connectivity index (χ1) is 24.6. The smallest absolute Gasteiger partial charge is 0.306 e. The molecule has 5 nitrogen and oxygen atoms in total. The van der Waals surface area contributed by atoms with Gasteiger partial charge in [-0.25, -0.2) is 0 Å². The van der Waals surface area contributed by atoms with Crippen molar-refractivity contribution in [1.82, 2.24) is 0 Å². The molecule has 0 aromatic rings. The number of carbonyl (C=O) groups is 2. The van der Waals surface area contributed by atoms with Crippen molar-refractivity contribution in [1.29, 1.82) is 0 Å². The molecule has 0 aromatic carbocycles. The molecule has 0 aliphatic rings. The first-order valence-electron chi connectivity index (χ1n) is 20.8. The molecule has 0 saturated heterocycles. The number of aliphatic hydroxyl groups is 1. The summed E-state index contributed by atoms with van der Waals surface area (Å²) in [6.45, 7) is 3.98. The maximum Gasteiger partial charge on any atom is 0.306 e. The molecule has 1 unspecified atom stereocenters. The van der Waals surface area contributed by atoms with Crippen molar-refractivity contribution in [2.45, 2.75) is 200 Å². The lowest BCUT2D eigenvalue weighted by Crippen LogP contribution is -2.28. The van der Waals surface area contributed by atoms with Gasteiger partial charge in [0.1, 0.15) is 6.61 Å². The second kappa shape index (κ2) is 41.0. The molecule has 50 heavy (non-hydrogen) atoms. The standard InChI is InChI=1S/C45H78O5/c1-3-5-7-9-11-13-15-17-19-20-21-22-23-24-26-27-29-31-33-35-37-39-44(47)49-42-43(41-46)50-45(48)40-38-36-34-32-30-28-25-18-16-14-12-10-8-6-4-2/h6,8,12,14,17-19,25,30,32,43,46H,3-5,7,9-11,13,15-16,20-24,26-29,31,33-42H2,1-2H3. The van der Waals surface area contributed by atoms with Gasteiger partial charge in [0.05, 0.1) is 6.61 Å². The Hall–Kier alpha value is -2.40. The molecule has 0 heterocycles. The second-order valence-corrected chi connectivity index (χ2v) is 13.7. The lowest BCUT2D eigenvalue weighted by molar-refractivity contribution is -0.161. The Morgan fingerprint density at radius 2 is 0.860 bits per heavy atom. The molecule has 0 bridgehead atoms. The third-order valence-electron chi connectivity index (χ3n) is 8.80. The van der Waals surface area contributed by atoms with Crippen LogP contribution in [0.5, 0.6) is 0 Å². The van der Waals surface area contributed by atoms with E-state index in [0.717, 1.165) is 64.2 Å². The Morgan fingerprint density at radius 1 is 0.480 bits per heavy atom. The van der Waals surface area contributed by atoms with Crippen molar-refractivity contribution in [3.05, 3.63) is 60.8 Å². The molecular weight excluding hydrogens is 620 g/mol. The van der Waals surface area contributed by atoms with Crippen LogP contribution in [-0.4, -0.2) is 36.4 Å². The normalized spacial score (nSPS) is 12.8. The number of hydrogen-bond acceptors (Lipinski definition) is 5. The highest BCUT2D eigenvalue weighted by molar-refractivity contribution is 5.70. The van der Waals surface area contributed by atoms with Gasteiger partial charge in [0, 0.05) is 12.8 Å². The maximum absolute atomic E-state index is 12.2. The van der Waals surface area contributed by atoms with E-state index in [1.165, 1.54) is 103 Å². The van der Waals surface area contributed by atoms with E-state index in [0.29, 0.717) is 12.8 Å². The predicted octanol–water partition coefficient (Wildman–Crippen LogP) is 13.2. The van der Waals surface area contributed by atoms with Gasteiger partial charge >= 0.3 is 11.9 Å². The molecular formula is C45H78O5. The fourth-order valence-corrected chi connectivity index (χ4v) is 5.66. The molecule has 288 valence electrons. The van der Waals surface area contributed by atoms with Gasteiger partial charge in [-0.2, -0.15) is 0 Å². The lowest BCUT2D eigenvalue weighted by Gasteiger charge is -2.15. The van der Waals surface area contributed by atoms with Gasteiger partial charge in [0.2, 0.25) is 0 Å². The minimum absolute atomic E-state index is 0.0843. The Labute approximate surface area is 309 Å². The lowest BCUT2D eigenvalue weighted by atomic mass is 10.0. The minimum atomic E-state index is -0.794. The van der Waals surface area contributed by atoms with Crippen molar-refractivity contribution < 1.29 is 24.2 Å². The number of rotatable bonds is 37. The van der Waals surface area contributed by atoms with Crippen LogP contribution in [0.3, 0.4) is 0 Å². The average molecular weight is 699 g/mol. The summed E-state index contributed by atoms with van der Waals surface area (Å²) in [5, 5.41) is 9.56. The summed E-state index contributed by atoms with van der Waals surface area (Å²) in [7, 11) is 0. The van der Waals surface area contributed by atoms with Crippen LogP contribution < -0.4 is 0 Å². The molecule has 0 rings (SSSR count). The van der Waals surface area contributed by atoms with Crippen LogP contribution in [0.1, 0.15) is 194 Å². The Balaban J connectivity index is 3.58. The van der Waals surface area contributed by atoms with Gasteiger partial charge in [0.15, 0.2) is 6.10 Å². The van der Waals surface area contributed by atoms with Crippen LogP contribution in [0, 0.1) is 0 Å². The quantitative estimate of drug-likeness (QED) is 0.0397. The molecule has 5 heteroatoms. The average Bonchev–Trinajstić information content (AvgIpc) is 3.12. The summed E-state index contributed by atoms with van der Waals surface area (Å²) in [6.07, 6.45) is 52.9. The van der Waals surface area contributed by atoms with E-state index in [9.17, 15) is 14.7 Å². The first kappa shape index (κ1) is 47.6. The molecule has 0 saturated carbocycles. The van der Waals surface area contributed by atoms with Crippen molar-refractivity contribution in [3.63, 3.8) is 0 Å². The largest absolute Gasteiger partial charge is 0.462 e. The van der Waals surface area contributed by atoms with Crippen LogP contribution in [0.25, 0.3) is 0 Å². The van der Waals surface area contributed by atoms with E-state index in [1.807, 2.05) is 0 Å². The third kappa shape index (κ3) is 38.4. The fourth-order valence-electron chi connectivity index (χ4n) is 5.66. The summed E-state index contributed by atoms with van der Waals surface area (Å²) >= 11 is 0. The number of aliphatic hydroxyl groups excluding tert-OH is 1. The number of esters is 2. The number of allylic oxidation sites excluding steroid dienone is 10. The fraction of sp³-hybridized carbons (Fsp3) is 0.733. The number of carbonyl (C=O) groups excluding carboxylic acids is 2. The Morgan fingerprint density at radius 3 is 1.36 bits per heavy atom. The van der Waals surface area contributed by atoms with Crippen molar-refractivity contribution in [2.24, 2.45) is 0 Å². The van der Waals surface area contributed by atoms with Crippen molar-refractivity contribution >= 4 is 11.9 Å². The maximum atomic E-state index is 12.2. The molecule has 0 aliphatic carbocycles. The van der Waals surface area contributed by atoms with Crippen molar-refractivity contribution in [3.8, 4) is 0 Å². The van der Waals surface area contributed by atoms with Crippen LogP contribution in [0.2, 0.25) is 0 Å². The van der Waals surface area contributed by atoms with E-state index >= 15 is 0 Å². The van der Waals surface area contributed by atoms with Crippen LogP contribution in [0.15, 0.2) is 60.8 Å². The predicted molar refractivity (Wildman–Crippen MR) is 214 cm³/mol. The molecule has 0 fully saturated rings. The van der Waals surface area contributed by atoms with Crippen LogP contribution in [-0.2, 0) is 19.1 Å². The number of hydrogen-bond donors (Lipinski definition) is 1. The summed E-state index contributed by atoms with van der Waals surface area (Å²) < 4.78 is 10.6. The molecule has 0 aromatic heterocycles. The molecule has 0 aliphatic heterocycles. The van der Waals surface area contributed by atoms with Crippen LogP contribution in [0.4, 0.5) is 0 Å². The van der Waals surface area contributed by atoms with E-state index in [1.54, 1.807) is 0 Å². The first-order valence-corrected chi connectivity index (χ1v) is 20.8. The Bertz CT molecular complexity index is 884. The summed E-state index contributed by atoms with van der Waals surface area (Å²) in [5.74, 6) is -0.641. The van der Waals surface area contributed by atoms with E-state index in [2.05, 4.69) is 74.6 Å². The van der Waals surface area contributed by atoms with Crippen LogP contribution >= 0.6 is 0 Å². The van der Waals surface area contributed by atoms with Gasteiger partial charge in [-0.05, 0) is 77.0 Å². The third-order valence-corrected chi connectivity index (χ3v) is 8.80. The molecule has 0 radical (unpaired) electrons.